The van der Waals surface area contributed by atoms with Gasteiger partial charge in [-0.25, -0.2) is 0 Å². The van der Waals surface area contributed by atoms with Gasteiger partial charge in [0, 0.05) is 24.6 Å². The van der Waals surface area contributed by atoms with Crippen LogP contribution in [0.1, 0.15) is 27.7 Å². The number of likely N-dealkylation sites (N-methyl/N-ethyl adjacent to an activating group) is 1. The summed E-state index contributed by atoms with van der Waals surface area (Å²) in [5, 5.41) is 3.92. The van der Waals surface area contributed by atoms with Crippen LogP contribution in [0.25, 0.3) is 11.0 Å². The first-order chi connectivity index (χ1) is 12.6. The summed E-state index contributed by atoms with van der Waals surface area (Å²) in [5.41, 5.74) is 2.62. The van der Waals surface area contributed by atoms with Crippen LogP contribution in [0.3, 0.4) is 0 Å². The van der Waals surface area contributed by atoms with E-state index in [2.05, 4.69) is 22.3 Å². The summed E-state index contributed by atoms with van der Waals surface area (Å²) < 4.78 is 11.1. The number of ether oxygens (including phenoxy) is 1. The van der Waals surface area contributed by atoms with E-state index in [1.54, 1.807) is 7.11 Å². The highest BCUT2D eigenvalue weighted by molar-refractivity contribution is 5.99. The molecule has 1 aromatic heterocycles. The lowest BCUT2D eigenvalue weighted by Crippen LogP contribution is -2.34. The molecule has 0 aliphatic heterocycles. The van der Waals surface area contributed by atoms with Gasteiger partial charge in [0.2, 0.25) is 0 Å². The smallest absolute Gasteiger partial charge is 0.287 e. The number of amides is 1. The Bertz CT molecular complexity index is 871. The van der Waals surface area contributed by atoms with Crippen molar-refractivity contribution in [2.75, 3.05) is 27.7 Å². The maximum atomic E-state index is 12.8. The number of para-hydroxylation sites is 1. The van der Waals surface area contributed by atoms with Crippen LogP contribution in [0.15, 0.2) is 59.0 Å². The number of benzene rings is 2. The van der Waals surface area contributed by atoms with Crippen LogP contribution in [0, 0.1) is 0 Å². The van der Waals surface area contributed by atoms with Crippen molar-refractivity contribution in [3.8, 4) is 0 Å². The second kappa shape index (κ2) is 8.17. The first-order valence-corrected chi connectivity index (χ1v) is 8.60. The molecule has 0 saturated heterocycles. The lowest BCUT2D eigenvalue weighted by Gasteiger charge is -2.25. The Hall–Kier alpha value is -2.63. The first kappa shape index (κ1) is 18.2. The molecular formula is C21H24N2O3. The average molecular weight is 352 g/mol. The highest BCUT2D eigenvalue weighted by atomic mass is 16.5. The molecule has 1 heterocycles. The largest absolute Gasteiger partial charge is 0.451 e. The van der Waals surface area contributed by atoms with Gasteiger partial charge in [0.05, 0.1) is 12.6 Å². The zero-order chi connectivity index (χ0) is 18.5. The molecule has 0 bridgehead atoms. The number of nitrogens with zero attached hydrogens (tertiary/aromatic N) is 1. The van der Waals surface area contributed by atoms with Crippen LogP contribution in [-0.2, 0) is 11.3 Å². The van der Waals surface area contributed by atoms with Gasteiger partial charge in [-0.1, -0.05) is 48.5 Å². The van der Waals surface area contributed by atoms with E-state index in [1.165, 1.54) is 0 Å². The Morgan fingerprint density at radius 3 is 2.50 bits per heavy atom. The quantitative estimate of drug-likeness (QED) is 0.706. The molecule has 1 atom stereocenters. The molecule has 136 valence electrons. The van der Waals surface area contributed by atoms with E-state index in [0.717, 1.165) is 16.5 Å². The molecule has 5 nitrogen and oxygen atoms in total. The fourth-order valence-electron chi connectivity index (χ4n) is 3.11. The summed E-state index contributed by atoms with van der Waals surface area (Å²) in [7, 11) is 5.61. The highest BCUT2D eigenvalue weighted by Gasteiger charge is 2.22. The molecular weight excluding hydrogens is 328 g/mol. The number of nitrogens with one attached hydrogen (secondary N) is 1. The molecule has 2 aromatic carbocycles. The molecule has 0 radical (unpaired) electrons. The van der Waals surface area contributed by atoms with E-state index in [0.29, 0.717) is 24.5 Å². The topological polar surface area (TPSA) is 54.7 Å². The van der Waals surface area contributed by atoms with Gasteiger partial charge in [-0.3, -0.25) is 4.79 Å². The Balaban J connectivity index is 1.81. The number of rotatable bonds is 7. The SMILES string of the molecule is COCc1c(C(=O)NCC(c2ccccc2)N(C)C)oc2ccccc12. The van der Waals surface area contributed by atoms with Crippen LogP contribution in [0.4, 0.5) is 0 Å². The van der Waals surface area contributed by atoms with Gasteiger partial charge in [0.15, 0.2) is 5.76 Å². The van der Waals surface area contributed by atoms with E-state index in [1.807, 2.05) is 56.6 Å². The zero-order valence-electron chi connectivity index (χ0n) is 15.4. The van der Waals surface area contributed by atoms with E-state index in [4.69, 9.17) is 9.15 Å². The Labute approximate surface area is 153 Å². The van der Waals surface area contributed by atoms with Gasteiger partial charge >= 0.3 is 0 Å². The molecule has 1 N–H and O–H groups in total. The number of methoxy groups -OCH3 is 1. The third kappa shape index (κ3) is 3.79. The van der Waals surface area contributed by atoms with Crippen molar-refractivity contribution in [1.29, 1.82) is 0 Å². The molecule has 0 saturated carbocycles. The molecule has 3 rings (SSSR count). The molecule has 0 fully saturated rings. The summed E-state index contributed by atoms with van der Waals surface area (Å²) in [6, 6.07) is 17.8. The normalized spacial score (nSPS) is 12.5. The lowest BCUT2D eigenvalue weighted by molar-refractivity contribution is 0.0909. The van der Waals surface area contributed by atoms with Gasteiger partial charge in [0.1, 0.15) is 5.58 Å². The third-order valence-electron chi connectivity index (χ3n) is 4.46. The van der Waals surface area contributed by atoms with Crippen molar-refractivity contribution in [3.05, 3.63) is 71.5 Å². The Morgan fingerprint density at radius 1 is 1.12 bits per heavy atom. The summed E-state index contributed by atoms with van der Waals surface area (Å²) >= 11 is 0. The number of fused-ring (bicyclic) bond motifs is 1. The summed E-state index contributed by atoms with van der Waals surface area (Å²) in [6.45, 7) is 0.814. The van der Waals surface area contributed by atoms with Gasteiger partial charge in [-0.2, -0.15) is 0 Å². The average Bonchev–Trinajstić information content (AvgIpc) is 3.02. The van der Waals surface area contributed by atoms with E-state index >= 15 is 0 Å². The molecule has 26 heavy (non-hydrogen) atoms. The number of carbonyl (C=O) groups is 1. The van der Waals surface area contributed by atoms with Crippen molar-refractivity contribution < 1.29 is 13.9 Å². The molecule has 1 unspecified atom stereocenters. The summed E-state index contributed by atoms with van der Waals surface area (Å²) in [5.74, 6) is 0.0923. The molecule has 3 aromatic rings. The fraction of sp³-hybridized carbons (Fsp3) is 0.286. The van der Waals surface area contributed by atoms with Crippen molar-refractivity contribution in [1.82, 2.24) is 10.2 Å². The number of carbonyl (C=O) groups excluding carboxylic acids is 1. The van der Waals surface area contributed by atoms with E-state index < -0.39 is 0 Å². The Kier molecular flexibility index (Phi) is 5.71. The van der Waals surface area contributed by atoms with E-state index in [9.17, 15) is 4.79 Å². The van der Waals surface area contributed by atoms with Crippen molar-refractivity contribution in [2.45, 2.75) is 12.6 Å². The lowest BCUT2D eigenvalue weighted by atomic mass is 10.1. The van der Waals surface area contributed by atoms with Crippen LogP contribution < -0.4 is 5.32 Å². The fourth-order valence-corrected chi connectivity index (χ4v) is 3.11. The number of hydrogen-bond donors (Lipinski definition) is 1. The van der Waals surface area contributed by atoms with Crippen LogP contribution >= 0.6 is 0 Å². The zero-order valence-corrected chi connectivity index (χ0v) is 15.4. The molecule has 0 aliphatic carbocycles. The van der Waals surface area contributed by atoms with E-state index in [-0.39, 0.29) is 11.9 Å². The molecule has 0 aliphatic rings. The van der Waals surface area contributed by atoms with Gasteiger partial charge in [-0.05, 0) is 25.7 Å². The maximum Gasteiger partial charge on any atom is 0.287 e. The molecule has 5 heteroatoms. The standard InChI is InChI=1S/C21H24N2O3/c1-23(2)18(15-9-5-4-6-10-15)13-22-21(24)20-17(14-25-3)16-11-7-8-12-19(16)26-20/h4-12,18H,13-14H2,1-3H3,(H,22,24). The molecule has 0 spiro atoms. The monoisotopic (exact) mass is 352 g/mol. The minimum atomic E-state index is -0.226. The van der Waals surface area contributed by atoms with Crippen LogP contribution in [0.5, 0.6) is 0 Å². The van der Waals surface area contributed by atoms with Gasteiger partial charge < -0.3 is 19.4 Å². The Morgan fingerprint density at radius 2 is 1.81 bits per heavy atom. The third-order valence-corrected chi connectivity index (χ3v) is 4.46. The number of hydrogen-bond acceptors (Lipinski definition) is 4. The van der Waals surface area contributed by atoms with Crippen molar-refractivity contribution in [3.63, 3.8) is 0 Å². The van der Waals surface area contributed by atoms with Crippen molar-refractivity contribution in [2.24, 2.45) is 0 Å². The molecule has 1 amide bonds. The maximum absolute atomic E-state index is 12.8. The predicted octanol–water partition coefficient (Wildman–Crippen LogP) is 3.61. The second-order valence-electron chi connectivity index (χ2n) is 6.44. The van der Waals surface area contributed by atoms with Gasteiger partial charge in [-0.15, -0.1) is 0 Å². The minimum Gasteiger partial charge on any atom is -0.451 e. The van der Waals surface area contributed by atoms with Crippen LogP contribution in [0.2, 0.25) is 0 Å². The number of furan rings is 1. The minimum absolute atomic E-state index is 0.0791. The highest BCUT2D eigenvalue weighted by Crippen LogP contribution is 2.26. The predicted molar refractivity (Wildman–Crippen MR) is 102 cm³/mol. The van der Waals surface area contributed by atoms with Crippen molar-refractivity contribution >= 4 is 16.9 Å². The summed E-state index contributed by atoms with van der Waals surface area (Å²) in [4.78, 5) is 14.9. The second-order valence-corrected chi connectivity index (χ2v) is 6.44. The van der Waals surface area contributed by atoms with Crippen LogP contribution in [-0.4, -0.2) is 38.6 Å². The van der Waals surface area contributed by atoms with Gasteiger partial charge in [0.25, 0.3) is 5.91 Å². The summed E-state index contributed by atoms with van der Waals surface area (Å²) in [6.07, 6.45) is 0. The first-order valence-electron chi connectivity index (χ1n) is 8.60.